The van der Waals surface area contributed by atoms with E-state index in [-0.39, 0.29) is 11.7 Å². The Morgan fingerprint density at radius 1 is 0.913 bits per heavy atom. The average Bonchev–Trinajstić information content (AvgIpc) is 2.61. The van der Waals surface area contributed by atoms with Gasteiger partial charge in [-0.1, -0.05) is 48.5 Å². The summed E-state index contributed by atoms with van der Waals surface area (Å²) in [6.07, 6.45) is 1.08. The smallest absolute Gasteiger partial charge is 0.227 e. The summed E-state index contributed by atoms with van der Waals surface area (Å²) in [6, 6.07) is 21.0. The van der Waals surface area contributed by atoms with Crippen LogP contribution in [0.2, 0.25) is 0 Å². The van der Waals surface area contributed by atoms with Gasteiger partial charge in [0, 0.05) is 24.5 Å². The van der Waals surface area contributed by atoms with Crippen molar-refractivity contribution in [1.82, 2.24) is 0 Å². The number of anilines is 1. The van der Waals surface area contributed by atoms with Crippen LogP contribution in [0.25, 0.3) is 10.8 Å². The molecule has 116 valence electrons. The zero-order valence-electron chi connectivity index (χ0n) is 13.1. The molecule has 0 spiro atoms. The zero-order valence-corrected chi connectivity index (χ0v) is 13.1. The van der Waals surface area contributed by atoms with Crippen molar-refractivity contribution in [3.63, 3.8) is 0 Å². The Morgan fingerprint density at radius 2 is 1.57 bits per heavy atom. The van der Waals surface area contributed by atoms with Gasteiger partial charge in [-0.05, 0) is 35.6 Å². The van der Waals surface area contributed by atoms with E-state index < -0.39 is 0 Å². The fraction of sp³-hybridized carbons (Fsp3) is 0.150. The SMILES string of the molecule is CN(C(=O)CCc1ccc(O)c2ccccc12)c1ccccc1. The second kappa shape index (κ2) is 6.53. The molecule has 1 amide bonds. The summed E-state index contributed by atoms with van der Waals surface area (Å²) in [7, 11) is 1.80. The standard InChI is InChI=1S/C20H19NO2/c1-21(16-7-3-2-4-8-16)20(23)14-12-15-11-13-19(22)18-10-6-5-9-17(15)18/h2-11,13,22H,12,14H2,1H3. The van der Waals surface area contributed by atoms with Crippen molar-refractivity contribution >= 4 is 22.4 Å². The van der Waals surface area contributed by atoms with Gasteiger partial charge in [-0.25, -0.2) is 0 Å². The summed E-state index contributed by atoms with van der Waals surface area (Å²) >= 11 is 0. The van der Waals surface area contributed by atoms with Crippen molar-refractivity contribution in [3.05, 3.63) is 72.3 Å². The van der Waals surface area contributed by atoms with Gasteiger partial charge < -0.3 is 10.0 Å². The van der Waals surface area contributed by atoms with Crippen LogP contribution in [0, 0.1) is 0 Å². The third-order valence-electron chi connectivity index (χ3n) is 4.12. The lowest BCUT2D eigenvalue weighted by atomic mass is 10.00. The molecule has 0 saturated heterocycles. The number of aromatic hydroxyl groups is 1. The Bertz CT molecular complexity index is 827. The van der Waals surface area contributed by atoms with Crippen molar-refractivity contribution in [2.45, 2.75) is 12.8 Å². The van der Waals surface area contributed by atoms with Gasteiger partial charge in [0.1, 0.15) is 5.75 Å². The first-order chi connectivity index (χ1) is 11.2. The molecule has 0 bridgehead atoms. The number of nitrogens with zero attached hydrogens (tertiary/aromatic N) is 1. The van der Waals surface area contributed by atoms with Gasteiger partial charge in [0.05, 0.1) is 0 Å². The van der Waals surface area contributed by atoms with Crippen molar-refractivity contribution < 1.29 is 9.90 Å². The van der Waals surface area contributed by atoms with E-state index in [0.717, 1.165) is 22.0 Å². The highest BCUT2D eigenvalue weighted by atomic mass is 16.3. The largest absolute Gasteiger partial charge is 0.507 e. The van der Waals surface area contributed by atoms with Crippen LogP contribution in [0.4, 0.5) is 5.69 Å². The van der Waals surface area contributed by atoms with E-state index in [0.29, 0.717) is 12.8 Å². The number of aryl methyl sites for hydroxylation is 1. The lowest BCUT2D eigenvalue weighted by Crippen LogP contribution is -2.26. The van der Waals surface area contributed by atoms with Crippen LogP contribution in [0.3, 0.4) is 0 Å². The Kier molecular flexibility index (Phi) is 4.29. The first-order valence-electron chi connectivity index (χ1n) is 7.68. The number of para-hydroxylation sites is 1. The summed E-state index contributed by atoms with van der Waals surface area (Å²) in [5, 5.41) is 11.8. The molecule has 0 atom stereocenters. The number of hydrogen-bond donors (Lipinski definition) is 1. The molecule has 0 aliphatic heterocycles. The predicted molar refractivity (Wildman–Crippen MR) is 93.8 cm³/mol. The Morgan fingerprint density at radius 3 is 2.30 bits per heavy atom. The number of fused-ring (bicyclic) bond motifs is 1. The van der Waals surface area contributed by atoms with E-state index >= 15 is 0 Å². The number of phenols is 1. The molecule has 3 aromatic carbocycles. The molecule has 1 N–H and O–H groups in total. The van der Waals surface area contributed by atoms with Gasteiger partial charge in [0.15, 0.2) is 0 Å². The number of amides is 1. The fourth-order valence-corrected chi connectivity index (χ4v) is 2.77. The molecular weight excluding hydrogens is 286 g/mol. The number of benzene rings is 3. The zero-order chi connectivity index (χ0) is 16.2. The molecule has 0 saturated carbocycles. The van der Waals surface area contributed by atoms with Gasteiger partial charge in [-0.3, -0.25) is 4.79 Å². The van der Waals surface area contributed by atoms with Crippen LogP contribution < -0.4 is 4.90 Å². The van der Waals surface area contributed by atoms with Crippen molar-refractivity contribution in [3.8, 4) is 5.75 Å². The lowest BCUT2D eigenvalue weighted by molar-refractivity contribution is -0.118. The maximum absolute atomic E-state index is 12.4. The molecule has 0 heterocycles. The minimum absolute atomic E-state index is 0.0772. The summed E-state index contributed by atoms with van der Waals surface area (Å²) in [5.74, 6) is 0.352. The highest BCUT2D eigenvalue weighted by molar-refractivity contribution is 5.94. The number of hydrogen-bond acceptors (Lipinski definition) is 2. The van der Waals surface area contributed by atoms with Gasteiger partial charge >= 0.3 is 0 Å². The monoisotopic (exact) mass is 305 g/mol. The normalized spacial score (nSPS) is 10.7. The molecule has 0 radical (unpaired) electrons. The Hall–Kier alpha value is -2.81. The molecule has 3 heteroatoms. The van der Waals surface area contributed by atoms with Crippen LogP contribution in [-0.2, 0) is 11.2 Å². The van der Waals surface area contributed by atoms with Gasteiger partial charge in [-0.15, -0.1) is 0 Å². The number of phenolic OH excluding ortho intramolecular Hbond substituents is 1. The first-order valence-corrected chi connectivity index (χ1v) is 7.68. The topological polar surface area (TPSA) is 40.5 Å². The second-order valence-corrected chi connectivity index (χ2v) is 5.58. The maximum Gasteiger partial charge on any atom is 0.227 e. The molecule has 23 heavy (non-hydrogen) atoms. The molecule has 3 rings (SSSR count). The van der Waals surface area contributed by atoms with Crippen molar-refractivity contribution in [2.75, 3.05) is 11.9 Å². The Balaban J connectivity index is 1.76. The van der Waals surface area contributed by atoms with E-state index in [9.17, 15) is 9.90 Å². The molecule has 0 aliphatic rings. The van der Waals surface area contributed by atoms with Gasteiger partial charge in [-0.2, -0.15) is 0 Å². The molecule has 0 aliphatic carbocycles. The van der Waals surface area contributed by atoms with Crippen LogP contribution in [0.15, 0.2) is 66.7 Å². The molecule has 0 aromatic heterocycles. The first kappa shape index (κ1) is 15.1. The summed E-state index contributed by atoms with van der Waals surface area (Å²) in [6.45, 7) is 0. The number of carbonyl (C=O) groups excluding carboxylic acids is 1. The van der Waals surface area contributed by atoms with Crippen LogP contribution in [0.1, 0.15) is 12.0 Å². The van der Waals surface area contributed by atoms with Crippen LogP contribution in [0.5, 0.6) is 5.75 Å². The molecule has 3 nitrogen and oxygen atoms in total. The van der Waals surface area contributed by atoms with E-state index in [2.05, 4.69) is 0 Å². The third kappa shape index (κ3) is 3.19. The number of carbonyl (C=O) groups is 1. The molecule has 0 unspecified atom stereocenters. The van der Waals surface area contributed by atoms with E-state index in [1.54, 1.807) is 18.0 Å². The quantitative estimate of drug-likeness (QED) is 0.787. The summed E-state index contributed by atoms with van der Waals surface area (Å²) in [5.41, 5.74) is 1.97. The molecular formula is C20H19NO2. The van der Waals surface area contributed by atoms with Crippen LogP contribution >= 0.6 is 0 Å². The third-order valence-corrected chi connectivity index (χ3v) is 4.12. The average molecular weight is 305 g/mol. The van der Waals surface area contributed by atoms with Gasteiger partial charge in [0.2, 0.25) is 5.91 Å². The van der Waals surface area contributed by atoms with Crippen molar-refractivity contribution in [2.24, 2.45) is 0 Å². The predicted octanol–water partition coefficient (Wildman–Crippen LogP) is 4.14. The fourth-order valence-electron chi connectivity index (χ4n) is 2.77. The van der Waals surface area contributed by atoms with Crippen LogP contribution in [-0.4, -0.2) is 18.1 Å². The van der Waals surface area contributed by atoms with Crippen molar-refractivity contribution in [1.29, 1.82) is 0 Å². The highest BCUT2D eigenvalue weighted by Crippen LogP contribution is 2.28. The Labute approximate surface area is 135 Å². The van der Waals surface area contributed by atoms with E-state index in [1.165, 1.54) is 0 Å². The second-order valence-electron chi connectivity index (χ2n) is 5.58. The lowest BCUT2D eigenvalue weighted by Gasteiger charge is -2.17. The minimum atomic E-state index is 0.0772. The van der Waals surface area contributed by atoms with E-state index in [1.807, 2.05) is 60.7 Å². The number of rotatable bonds is 4. The molecule has 0 fully saturated rings. The maximum atomic E-state index is 12.4. The summed E-state index contributed by atoms with van der Waals surface area (Å²) < 4.78 is 0. The van der Waals surface area contributed by atoms with Gasteiger partial charge in [0.25, 0.3) is 0 Å². The highest BCUT2D eigenvalue weighted by Gasteiger charge is 2.12. The minimum Gasteiger partial charge on any atom is -0.507 e. The van der Waals surface area contributed by atoms with E-state index in [4.69, 9.17) is 0 Å². The summed E-state index contributed by atoms with van der Waals surface area (Å²) in [4.78, 5) is 14.1. The molecule has 3 aromatic rings.